The van der Waals surface area contributed by atoms with Gasteiger partial charge >= 0.3 is 5.97 Å². The number of carboxylic acids is 1. The Morgan fingerprint density at radius 1 is 1.36 bits per heavy atom. The lowest BCUT2D eigenvalue weighted by molar-refractivity contribution is -0.142. The summed E-state index contributed by atoms with van der Waals surface area (Å²) < 4.78 is 5.15. The highest BCUT2D eigenvalue weighted by Gasteiger charge is 2.28. The topological polar surface area (TPSA) is 122 Å². The van der Waals surface area contributed by atoms with E-state index in [4.69, 9.17) is 10.3 Å². The fourth-order valence-electron chi connectivity index (χ4n) is 3.01. The fraction of sp³-hybridized carbons (Fsp3) is 0.500. The second kappa shape index (κ2) is 7.58. The maximum Gasteiger partial charge on any atom is 0.309 e. The lowest BCUT2D eigenvalue weighted by Gasteiger charge is -2.22. The molecule has 1 atom stereocenters. The van der Waals surface area contributed by atoms with E-state index < -0.39 is 11.9 Å². The first-order valence-electron chi connectivity index (χ1n) is 8.17. The highest BCUT2D eigenvalue weighted by Crippen LogP contribution is 2.17. The maximum absolute atomic E-state index is 11.6. The van der Waals surface area contributed by atoms with Crippen molar-refractivity contribution in [2.45, 2.75) is 20.0 Å². The zero-order valence-electron chi connectivity index (χ0n) is 14.1. The van der Waals surface area contributed by atoms with Crippen LogP contribution in [0.4, 0.5) is 5.82 Å². The fourth-order valence-corrected chi connectivity index (χ4v) is 3.01. The number of aryl methyl sites for hydroxylation is 1. The molecule has 1 aliphatic rings. The molecule has 1 saturated heterocycles. The van der Waals surface area contributed by atoms with Crippen molar-refractivity contribution in [1.82, 2.24) is 24.9 Å². The molecular weight excluding hydrogens is 324 g/mol. The van der Waals surface area contributed by atoms with Crippen LogP contribution in [0, 0.1) is 12.8 Å². The molecule has 3 rings (SSSR count). The standard InChI is InChI=1S/C16H22N6O3/c1-11-19-14(25-20-11)10-22-6-5-21(8-13(9-22)16(23)24)7-12-3-2-4-18-15(12)17/h2-4,13H,5-10H2,1H3,(H2,17,18)(H,23,24). The van der Waals surface area contributed by atoms with E-state index in [2.05, 4.69) is 20.0 Å². The number of pyridine rings is 1. The van der Waals surface area contributed by atoms with Gasteiger partial charge in [-0.15, -0.1) is 0 Å². The third-order valence-corrected chi connectivity index (χ3v) is 4.29. The minimum Gasteiger partial charge on any atom is -0.481 e. The number of nitrogens with zero attached hydrogens (tertiary/aromatic N) is 5. The van der Waals surface area contributed by atoms with E-state index in [-0.39, 0.29) is 0 Å². The van der Waals surface area contributed by atoms with E-state index in [0.29, 0.717) is 50.3 Å². The van der Waals surface area contributed by atoms with Crippen LogP contribution in [-0.4, -0.2) is 62.2 Å². The molecule has 0 saturated carbocycles. The quantitative estimate of drug-likeness (QED) is 0.790. The van der Waals surface area contributed by atoms with Crippen LogP contribution in [0.25, 0.3) is 0 Å². The molecule has 0 bridgehead atoms. The van der Waals surface area contributed by atoms with Crippen LogP contribution in [0.15, 0.2) is 22.9 Å². The molecular formula is C16H22N6O3. The van der Waals surface area contributed by atoms with Crippen molar-refractivity contribution < 1.29 is 14.4 Å². The van der Waals surface area contributed by atoms with Crippen molar-refractivity contribution in [1.29, 1.82) is 0 Å². The van der Waals surface area contributed by atoms with Gasteiger partial charge in [-0.25, -0.2) is 4.98 Å². The van der Waals surface area contributed by atoms with Crippen LogP contribution < -0.4 is 5.73 Å². The van der Waals surface area contributed by atoms with Gasteiger partial charge in [-0.05, 0) is 13.0 Å². The van der Waals surface area contributed by atoms with Gasteiger partial charge in [0.15, 0.2) is 5.82 Å². The van der Waals surface area contributed by atoms with Crippen molar-refractivity contribution in [2.75, 3.05) is 31.9 Å². The van der Waals surface area contributed by atoms with Crippen LogP contribution >= 0.6 is 0 Å². The zero-order chi connectivity index (χ0) is 17.8. The molecule has 1 aliphatic heterocycles. The summed E-state index contributed by atoms with van der Waals surface area (Å²) in [7, 11) is 0. The van der Waals surface area contributed by atoms with Crippen molar-refractivity contribution >= 4 is 11.8 Å². The number of hydrogen-bond acceptors (Lipinski definition) is 8. The molecule has 0 amide bonds. The Kier molecular flexibility index (Phi) is 5.25. The Balaban J connectivity index is 1.69. The Labute approximate surface area is 145 Å². The largest absolute Gasteiger partial charge is 0.481 e. The summed E-state index contributed by atoms with van der Waals surface area (Å²) in [6.07, 6.45) is 1.65. The van der Waals surface area contributed by atoms with Gasteiger partial charge in [0.1, 0.15) is 5.82 Å². The minimum absolute atomic E-state index is 0.440. The van der Waals surface area contributed by atoms with Crippen molar-refractivity contribution in [3.05, 3.63) is 35.6 Å². The van der Waals surface area contributed by atoms with Crippen LogP contribution in [0.5, 0.6) is 0 Å². The van der Waals surface area contributed by atoms with Gasteiger partial charge in [-0.1, -0.05) is 11.2 Å². The van der Waals surface area contributed by atoms with Gasteiger partial charge in [0.2, 0.25) is 5.89 Å². The van der Waals surface area contributed by atoms with E-state index in [1.807, 2.05) is 17.0 Å². The average Bonchev–Trinajstić information content (AvgIpc) is 2.86. The molecule has 1 unspecified atom stereocenters. The highest BCUT2D eigenvalue weighted by atomic mass is 16.5. The second-order valence-corrected chi connectivity index (χ2v) is 6.29. The van der Waals surface area contributed by atoms with Crippen LogP contribution in [0.1, 0.15) is 17.3 Å². The van der Waals surface area contributed by atoms with Crippen molar-refractivity contribution in [2.24, 2.45) is 5.92 Å². The summed E-state index contributed by atoms with van der Waals surface area (Å²) in [5.41, 5.74) is 6.82. The predicted octanol–water partition coefficient (Wildman–Crippen LogP) is 0.374. The van der Waals surface area contributed by atoms with Gasteiger partial charge in [0.05, 0.1) is 12.5 Å². The Morgan fingerprint density at radius 3 is 2.68 bits per heavy atom. The zero-order valence-corrected chi connectivity index (χ0v) is 14.1. The molecule has 2 aromatic heterocycles. The monoisotopic (exact) mass is 346 g/mol. The first-order valence-corrected chi connectivity index (χ1v) is 8.17. The number of carbonyl (C=O) groups is 1. The third kappa shape index (κ3) is 4.52. The summed E-state index contributed by atoms with van der Waals surface area (Å²) in [5.74, 6) is 0.263. The maximum atomic E-state index is 11.6. The van der Waals surface area contributed by atoms with Crippen LogP contribution in [0.2, 0.25) is 0 Å². The van der Waals surface area contributed by atoms with Crippen LogP contribution in [-0.2, 0) is 17.9 Å². The smallest absolute Gasteiger partial charge is 0.309 e. The normalized spacial score (nSPS) is 19.6. The molecule has 3 heterocycles. The van der Waals surface area contributed by atoms with Gasteiger partial charge in [0.25, 0.3) is 0 Å². The van der Waals surface area contributed by atoms with Gasteiger partial charge in [-0.2, -0.15) is 4.98 Å². The number of nitrogen functional groups attached to an aromatic ring is 1. The predicted molar refractivity (Wildman–Crippen MR) is 89.4 cm³/mol. The lowest BCUT2D eigenvalue weighted by atomic mass is 10.1. The van der Waals surface area contributed by atoms with Gasteiger partial charge in [0, 0.05) is 44.5 Å². The van der Waals surface area contributed by atoms with Crippen molar-refractivity contribution in [3.8, 4) is 0 Å². The molecule has 9 heteroatoms. The summed E-state index contributed by atoms with van der Waals surface area (Å²) in [6.45, 7) is 5.13. The molecule has 9 nitrogen and oxygen atoms in total. The Bertz CT molecular complexity index is 734. The molecule has 134 valence electrons. The van der Waals surface area contributed by atoms with Crippen molar-refractivity contribution in [3.63, 3.8) is 0 Å². The van der Waals surface area contributed by atoms with E-state index in [9.17, 15) is 9.90 Å². The summed E-state index contributed by atoms with van der Waals surface area (Å²) >= 11 is 0. The van der Waals surface area contributed by atoms with Crippen LogP contribution in [0.3, 0.4) is 0 Å². The van der Waals surface area contributed by atoms with E-state index in [1.54, 1.807) is 13.1 Å². The van der Waals surface area contributed by atoms with E-state index >= 15 is 0 Å². The molecule has 1 fully saturated rings. The summed E-state index contributed by atoms with van der Waals surface area (Å²) in [5, 5.41) is 13.3. The van der Waals surface area contributed by atoms with Gasteiger partial charge < -0.3 is 15.4 Å². The van der Waals surface area contributed by atoms with Gasteiger partial charge in [-0.3, -0.25) is 14.6 Å². The number of anilines is 1. The molecule has 0 aromatic carbocycles. The number of hydrogen-bond donors (Lipinski definition) is 2. The number of nitrogens with two attached hydrogens (primary N) is 1. The molecule has 25 heavy (non-hydrogen) atoms. The molecule has 3 N–H and O–H groups in total. The number of aliphatic carboxylic acids is 1. The molecule has 2 aromatic rings. The molecule has 0 aliphatic carbocycles. The lowest BCUT2D eigenvalue weighted by Crippen LogP contribution is -2.34. The first-order chi connectivity index (χ1) is 12.0. The minimum atomic E-state index is -0.808. The second-order valence-electron chi connectivity index (χ2n) is 6.29. The number of aromatic nitrogens is 3. The molecule has 0 radical (unpaired) electrons. The Hall–Kier alpha value is -2.52. The third-order valence-electron chi connectivity index (χ3n) is 4.29. The first kappa shape index (κ1) is 17.3. The van der Waals surface area contributed by atoms with E-state index in [0.717, 1.165) is 12.1 Å². The number of carboxylic acid groups (broad SMARTS) is 1. The van der Waals surface area contributed by atoms with E-state index in [1.165, 1.54) is 0 Å². The highest BCUT2D eigenvalue weighted by molar-refractivity contribution is 5.70. The Morgan fingerprint density at radius 2 is 2.08 bits per heavy atom. The molecule has 0 spiro atoms. The SMILES string of the molecule is Cc1noc(CN2CCN(Cc3cccnc3N)CC(C(=O)O)C2)n1. The summed E-state index contributed by atoms with van der Waals surface area (Å²) in [6, 6.07) is 3.75. The number of rotatable bonds is 5. The summed E-state index contributed by atoms with van der Waals surface area (Å²) in [4.78, 5) is 24.1. The average molecular weight is 346 g/mol.